The molecule has 12 heavy (non-hydrogen) atoms. The van der Waals surface area contributed by atoms with Gasteiger partial charge in [-0.25, -0.2) is 0 Å². The first-order chi connectivity index (χ1) is 5.81. The van der Waals surface area contributed by atoms with E-state index in [1.165, 1.54) is 0 Å². The molecular weight excluding hydrogens is 150 g/mol. The van der Waals surface area contributed by atoms with E-state index in [2.05, 4.69) is 13.0 Å². The number of nitriles is 1. The SMILES string of the molecule is CCc1ccc(OC)c(C#N)c1. The second-order valence-electron chi connectivity index (χ2n) is 2.50. The number of ether oxygens (including phenoxy) is 1. The van der Waals surface area contributed by atoms with Crippen LogP contribution in [0.3, 0.4) is 0 Å². The third-order valence-corrected chi connectivity index (χ3v) is 1.79. The Labute approximate surface area is 72.4 Å². The van der Waals surface area contributed by atoms with Crippen molar-refractivity contribution in [1.29, 1.82) is 5.26 Å². The van der Waals surface area contributed by atoms with E-state index in [0.717, 1.165) is 12.0 Å². The Balaban J connectivity index is 3.13. The lowest BCUT2D eigenvalue weighted by molar-refractivity contribution is 0.413. The van der Waals surface area contributed by atoms with Crippen molar-refractivity contribution in [1.82, 2.24) is 0 Å². The van der Waals surface area contributed by atoms with Crippen LogP contribution in [0.4, 0.5) is 0 Å². The second kappa shape index (κ2) is 3.77. The maximum Gasteiger partial charge on any atom is 0.136 e. The van der Waals surface area contributed by atoms with Crippen molar-refractivity contribution in [3.8, 4) is 11.8 Å². The summed E-state index contributed by atoms with van der Waals surface area (Å²) >= 11 is 0. The molecule has 0 fully saturated rings. The molecule has 0 aromatic heterocycles. The lowest BCUT2D eigenvalue weighted by atomic mass is 10.1. The van der Waals surface area contributed by atoms with Crippen molar-refractivity contribution in [2.45, 2.75) is 13.3 Å². The Hall–Kier alpha value is -1.49. The molecule has 0 unspecified atom stereocenters. The van der Waals surface area contributed by atoms with E-state index in [-0.39, 0.29) is 0 Å². The summed E-state index contributed by atoms with van der Waals surface area (Å²) in [5.41, 5.74) is 1.77. The molecule has 1 aromatic carbocycles. The highest BCUT2D eigenvalue weighted by Gasteiger charge is 2.01. The molecule has 0 aliphatic heterocycles. The first-order valence-corrected chi connectivity index (χ1v) is 3.88. The summed E-state index contributed by atoms with van der Waals surface area (Å²) in [5.74, 6) is 0.648. The van der Waals surface area contributed by atoms with Gasteiger partial charge in [0.05, 0.1) is 12.7 Å². The number of rotatable bonds is 2. The number of hydrogen-bond acceptors (Lipinski definition) is 2. The smallest absolute Gasteiger partial charge is 0.136 e. The molecule has 0 saturated carbocycles. The molecule has 0 spiro atoms. The van der Waals surface area contributed by atoms with Crippen LogP contribution in [0.15, 0.2) is 18.2 Å². The maximum atomic E-state index is 8.74. The van der Waals surface area contributed by atoms with Crippen LogP contribution in [-0.2, 0) is 6.42 Å². The molecule has 0 saturated heterocycles. The van der Waals surface area contributed by atoms with E-state index >= 15 is 0 Å². The number of methoxy groups -OCH3 is 1. The fourth-order valence-corrected chi connectivity index (χ4v) is 1.06. The predicted octanol–water partition coefficient (Wildman–Crippen LogP) is 2.13. The zero-order chi connectivity index (χ0) is 8.97. The fourth-order valence-electron chi connectivity index (χ4n) is 1.06. The van der Waals surface area contributed by atoms with Gasteiger partial charge in [0, 0.05) is 0 Å². The first-order valence-electron chi connectivity index (χ1n) is 3.88. The Kier molecular flexibility index (Phi) is 2.71. The molecule has 0 radical (unpaired) electrons. The summed E-state index contributed by atoms with van der Waals surface area (Å²) in [6.45, 7) is 2.06. The minimum absolute atomic E-state index is 0.608. The molecular formula is C10H11NO. The molecule has 62 valence electrons. The van der Waals surface area contributed by atoms with Crippen molar-refractivity contribution in [2.24, 2.45) is 0 Å². The average Bonchev–Trinajstić information content (AvgIpc) is 2.16. The van der Waals surface area contributed by atoms with Gasteiger partial charge in [0.1, 0.15) is 11.8 Å². The van der Waals surface area contributed by atoms with Crippen molar-refractivity contribution in [2.75, 3.05) is 7.11 Å². The molecule has 0 atom stereocenters. The van der Waals surface area contributed by atoms with Gasteiger partial charge < -0.3 is 4.74 Å². The van der Waals surface area contributed by atoms with Crippen LogP contribution in [0.5, 0.6) is 5.75 Å². The van der Waals surface area contributed by atoms with Crippen LogP contribution in [0.2, 0.25) is 0 Å². The van der Waals surface area contributed by atoms with Gasteiger partial charge in [0.25, 0.3) is 0 Å². The normalized spacial score (nSPS) is 9.08. The molecule has 2 heteroatoms. The van der Waals surface area contributed by atoms with Gasteiger partial charge >= 0.3 is 0 Å². The molecule has 0 heterocycles. The number of hydrogen-bond donors (Lipinski definition) is 0. The van der Waals surface area contributed by atoms with E-state index < -0.39 is 0 Å². The van der Waals surface area contributed by atoms with Gasteiger partial charge in [-0.1, -0.05) is 13.0 Å². The number of nitrogens with zero attached hydrogens (tertiary/aromatic N) is 1. The molecule has 1 rings (SSSR count). The molecule has 1 aromatic rings. The quantitative estimate of drug-likeness (QED) is 0.665. The van der Waals surface area contributed by atoms with Gasteiger partial charge in [-0.2, -0.15) is 5.26 Å². The van der Waals surface area contributed by atoms with Crippen LogP contribution >= 0.6 is 0 Å². The maximum absolute atomic E-state index is 8.74. The van der Waals surface area contributed by atoms with Crippen molar-refractivity contribution < 1.29 is 4.74 Å². The summed E-state index contributed by atoms with van der Waals surface area (Å²) < 4.78 is 5.01. The molecule has 0 amide bonds. The first kappa shape index (κ1) is 8.61. The highest BCUT2D eigenvalue weighted by Crippen LogP contribution is 2.18. The summed E-state index contributed by atoms with van der Waals surface area (Å²) in [6, 6.07) is 7.76. The lowest BCUT2D eigenvalue weighted by Crippen LogP contribution is -1.89. The second-order valence-corrected chi connectivity index (χ2v) is 2.50. The van der Waals surface area contributed by atoms with E-state index in [1.807, 2.05) is 18.2 Å². The van der Waals surface area contributed by atoms with E-state index in [1.54, 1.807) is 7.11 Å². The van der Waals surface area contributed by atoms with Gasteiger partial charge in [-0.15, -0.1) is 0 Å². The van der Waals surface area contributed by atoms with Crippen LogP contribution in [-0.4, -0.2) is 7.11 Å². The fraction of sp³-hybridized carbons (Fsp3) is 0.300. The summed E-state index contributed by atoms with van der Waals surface area (Å²) in [7, 11) is 1.57. The Morgan fingerprint density at radius 3 is 2.75 bits per heavy atom. The Morgan fingerprint density at radius 1 is 1.50 bits per heavy atom. The van der Waals surface area contributed by atoms with Crippen molar-refractivity contribution >= 4 is 0 Å². The van der Waals surface area contributed by atoms with Gasteiger partial charge in [-0.3, -0.25) is 0 Å². The van der Waals surface area contributed by atoms with Gasteiger partial charge in [0.15, 0.2) is 0 Å². The minimum atomic E-state index is 0.608. The highest BCUT2D eigenvalue weighted by atomic mass is 16.5. The lowest BCUT2D eigenvalue weighted by Gasteiger charge is -2.03. The van der Waals surface area contributed by atoms with Crippen molar-refractivity contribution in [3.63, 3.8) is 0 Å². The van der Waals surface area contributed by atoms with Gasteiger partial charge in [-0.05, 0) is 24.1 Å². The van der Waals surface area contributed by atoms with Crippen LogP contribution in [0.25, 0.3) is 0 Å². The summed E-state index contributed by atoms with van der Waals surface area (Å²) in [4.78, 5) is 0. The van der Waals surface area contributed by atoms with Crippen LogP contribution in [0, 0.1) is 11.3 Å². The largest absolute Gasteiger partial charge is 0.495 e. The number of benzene rings is 1. The molecule has 0 aliphatic carbocycles. The summed E-state index contributed by atoms with van der Waals surface area (Å²) in [6.07, 6.45) is 0.943. The monoisotopic (exact) mass is 161 g/mol. The van der Waals surface area contributed by atoms with Crippen LogP contribution < -0.4 is 4.74 Å². The highest BCUT2D eigenvalue weighted by molar-refractivity contribution is 5.45. The van der Waals surface area contributed by atoms with E-state index in [4.69, 9.17) is 10.00 Å². The Bertz CT molecular complexity index is 312. The predicted molar refractivity (Wildman–Crippen MR) is 47.1 cm³/mol. The number of aryl methyl sites for hydroxylation is 1. The third kappa shape index (κ3) is 1.57. The molecule has 0 N–H and O–H groups in total. The van der Waals surface area contributed by atoms with Gasteiger partial charge in [0.2, 0.25) is 0 Å². The van der Waals surface area contributed by atoms with E-state index in [0.29, 0.717) is 11.3 Å². The molecule has 0 aliphatic rings. The Morgan fingerprint density at radius 2 is 2.25 bits per heavy atom. The van der Waals surface area contributed by atoms with Crippen LogP contribution in [0.1, 0.15) is 18.1 Å². The molecule has 0 bridgehead atoms. The zero-order valence-corrected chi connectivity index (χ0v) is 7.29. The molecule has 2 nitrogen and oxygen atoms in total. The van der Waals surface area contributed by atoms with E-state index in [9.17, 15) is 0 Å². The topological polar surface area (TPSA) is 33.0 Å². The zero-order valence-electron chi connectivity index (χ0n) is 7.29. The standard InChI is InChI=1S/C10H11NO/c1-3-8-4-5-10(12-2)9(6-8)7-11/h4-6H,3H2,1-2H3. The minimum Gasteiger partial charge on any atom is -0.495 e. The average molecular weight is 161 g/mol. The van der Waals surface area contributed by atoms with Crippen molar-refractivity contribution in [3.05, 3.63) is 29.3 Å². The third-order valence-electron chi connectivity index (χ3n) is 1.79. The summed E-state index contributed by atoms with van der Waals surface area (Å²) in [5, 5.41) is 8.74.